The Hall–Kier alpha value is -2.14. The lowest BCUT2D eigenvalue weighted by Gasteiger charge is -2.18. The summed E-state index contributed by atoms with van der Waals surface area (Å²) in [5, 5.41) is 14.6. The van der Waals surface area contributed by atoms with Crippen molar-refractivity contribution in [2.75, 3.05) is 0 Å². The molecule has 130 valence electrons. The Kier molecular flexibility index (Phi) is 6.23. The van der Waals surface area contributed by atoms with Crippen molar-refractivity contribution < 1.29 is 15.2 Å². The molecule has 0 fully saturated rings. The Balaban J connectivity index is 1.48. The summed E-state index contributed by atoms with van der Waals surface area (Å²) in [6, 6.07) is 22.2. The molecule has 3 N–H and O–H groups in total. The highest BCUT2D eigenvalue weighted by Gasteiger charge is 2.18. The lowest BCUT2D eigenvalue weighted by Crippen LogP contribution is -2.88. The third-order valence-electron chi connectivity index (χ3n) is 4.25. The highest BCUT2D eigenvalue weighted by Crippen LogP contribution is 2.17. The minimum Gasteiger partial charge on any atom is -0.488 e. The van der Waals surface area contributed by atoms with Crippen molar-refractivity contribution in [1.29, 1.82) is 0 Å². The fourth-order valence-electron chi connectivity index (χ4n) is 2.68. The molecule has 0 spiro atoms. The topological polar surface area (TPSA) is 46.1 Å². The molecular weight excluding hydrogens is 330 g/mol. The van der Waals surface area contributed by atoms with E-state index < -0.39 is 6.10 Å². The van der Waals surface area contributed by atoms with Crippen LogP contribution >= 0.6 is 11.3 Å². The van der Waals surface area contributed by atoms with Gasteiger partial charge in [-0.2, -0.15) is 0 Å². The van der Waals surface area contributed by atoms with Gasteiger partial charge in [0.2, 0.25) is 0 Å². The molecule has 0 aliphatic carbocycles. The van der Waals surface area contributed by atoms with Crippen LogP contribution in [-0.4, -0.2) is 11.1 Å². The third-order valence-corrected chi connectivity index (χ3v) is 5.10. The Morgan fingerprint density at radius 3 is 2.44 bits per heavy atom. The number of nitrogens with two attached hydrogens (primary N) is 1. The highest BCUT2D eigenvalue weighted by atomic mass is 32.1. The first-order valence-electron chi connectivity index (χ1n) is 8.53. The lowest BCUT2D eigenvalue weighted by molar-refractivity contribution is -0.709. The molecule has 3 rings (SSSR count). The number of quaternary nitrogens is 1. The van der Waals surface area contributed by atoms with Gasteiger partial charge >= 0.3 is 0 Å². The average Bonchev–Trinajstić information content (AvgIpc) is 3.19. The first kappa shape index (κ1) is 17.7. The van der Waals surface area contributed by atoms with Crippen molar-refractivity contribution in [3.8, 4) is 5.75 Å². The summed E-state index contributed by atoms with van der Waals surface area (Å²) in [6.45, 7) is 3.50. The van der Waals surface area contributed by atoms with Gasteiger partial charge in [0.15, 0.2) is 0 Å². The fraction of sp³-hybridized carbons (Fsp3) is 0.238. The van der Waals surface area contributed by atoms with E-state index in [9.17, 15) is 5.11 Å². The van der Waals surface area contributed by atoms with Crippen LogP contribution in [0.15, 0.2) is 72.1 Å². The standard InChI is InChI=1S/C21H23NO2S/c1-16(21(23)18-6-3-2-4-7-18)22-14-17-9-11-19(12-10-17)24-15-20-8-5-13-25-20/h2-13,16,21-23H,14-15H2,1H3/p+1/t16-,21+/m0/s1. The Bertz CT molecular complexity index is 741. The molecule has 0 saturated carbocycles. The molecule has 0 saturated heterocycles. The quantitative estimate of drug-likeness (QED) is 0.650. The molecule has 0 aliphatic heterocycles. The predicted molar refractivity (Wildman–Crippen MR) is 102 cm³/mol. The highest BCUT2D eigenvalue weighted by molar-refractivity contribution is 7.09. The molecular formula is C21H24NO2S+. The van der Waals surface area contributed by atoms with Crippen LogP contribution in [0.3, 0.4) is 0 Å². The number of aliphatic hydroxyl groups is 1. The molecule has 25 heavy (non-hydrogen) atoms. The maximum atomic E-state index is 10.4. The van der Waals surface area contributed by atoms with E-state index in [-0.39, 0.29) is 6.04 Å². The van der Waals surface area contributed by atoms with Crippen molar-refractivity contribution in [3.05, 3.63) is 88.1 Å². The van der Waals surface area contributed by atoms with Gasteiger partial charge in [-0.15, -0.1) is 11.3 Å². The number of rotatable bonds is 8. The first-order chi connectivity index (χ1) is 12.2. The number of hydrogen-bond acceptors (Lipinski definition) is 3. The van der Waals surface area contributed by atoms with E-state index in [1.54, 1.807) is 11.3 Å². The van der Waals surface area contributed by atoms with E-state index in [1.165, 1.54) is 10.4 Å². The molecule has 2 aromatic carbocycles. The van der Waals surface area contributed by atoms with E-state index in [1.807, 2.05) is 48.5 Å². The van der Waals surface area contributed by atoms with Gasteiger partial charge in [0.25, 0.3) is 0 Å². The van der Waals surface area contributed by atoms with Crippen LogP contribution in [0.1, 0.15) is 29.0 Å². The number of thiophene rings is 1. The van der Waals surface area contributed by atoms with Gasteiger partial charge in [-0.25, -0.2) is 0 Å². The normalized spacial score (nSPS) is 13.4. The second-order valence-corrected chi connectivity index (χ2v) is 7.20. The maximum absolute atomic E-state index is 10.4. The van der Waals surface area contributed by atoms with Gasteiger partial charge < -0.3 is 15.2 Å². The van der Waals surface area contributed by atoms with E-state index in [0.29, 0.717) is 6.61 Å². The van der Waals surface area contributed by atoms with Crippen LogP contribution in [0.4, 0.5) is 0 Å². The van der Waals surface area contributed by atoms with Crippen molar-refractivity contribution >= 4 is 11.3 Å². The predicted octanol–water partition coefficient (Wildman–Crippen LogP) is 3.51. The molecule has 1 heterocycles. The van der Waals surface area contributed by atoms with Crippen LogP contribution in [0, 0.1) is 0 Å². The van der Waals surface area contributed by atoms with E-state index in [2.05, 4.69) is 35.8 Å². The molecule has 4 heteroatoms. The largest absolute Gasteiger partial charge is 0.488 e. The molecule has 0 unspecified atom stereocenters. The summed E-state index contributed by atoms with van der Waals surface area (Å²) in [5.41, 5.74) is 2.18. The van der Waals surface area contributed by atoms with Crippen LogP contribution in [0.25, 0.3) is 0 Å². The Morgan fingerprint density at radius 2 is 1.76 bits per heavy atom. The van der Waals surface area contributed by atoms with Gasteiger partial charge in [0.1, 0.15) is 31.0 Å². The molecule has 2 atom stereocenters. The number of ether oxygens (including phenoxy) is 1. The lowest BCUT2D eigenvalue weighted by atomic mass is 10.0. The SMILES string of the molecule is C[C@H]([NH2+]Cc1ccc(OCc2cccs2)cc1)[C@@H](O)c1ccccc1. The van der Waals surface area contributed by atoms with E-state index >= 15 is 0 Å². The number of hydrogen-bond donors (Lipinski definition) is 2. The van der Waals surface area contributed by atoms with Crippen LogP contribution in [-0.2, 0) is 13.2 Å². The summed E-state index contributed by atoms with van der Waals surface area (Å²) in [6.07, 6.45) is -0.463. The van der Waals surface area contributed by atoms with Crippen molar-refractivity contribution in [2.45, 2.75) is 32.2 Å². The van der Waals surface area contributed by atoms with Crippen molar-refractivity contribution in [2.24, 2.45) is 0 Å². The minimum atomic E-state index is -0.463. The van der Waals surface area contributed by atoms with Crippen molar-refractivity contribution in [3.63, 3.8) is 0 Å². The minimum absolute atomic E-state index is 0.0946. The first-order valence-corrected chi connectivity index (χ1v) is 9.41. The zero-order valence-electron chi connectivity index (χ0n) is 14.3. The molecule has 0 bridgehead atoms. The zero-order chi connectivity index (χ0) is 17.5. The number of aliphatic hydroxyl groups excluding tert-OH is 1. The van der Waals surface area contributed by atoms with Gasteiger partial charge in [0.05, 0.1) is 0 Å². The second-order valence-electron chi connectivity index (χ2n) is 6.17. The van der Waals surface area contributed by atoms with E-state index in [0.717, 1.165) is 17.9 Å². The molecule has 0 radical (unpaired) electrons. The van der Waals surface area contributed by atoms with Crippen LogP contribution in [0.5, 0.6) is 5.75 Å². The van der Waals surface area contributed by atoms with Gasteiger partial charge in [-0.3, -0.25) is 0 Å². The molecule has 0 amide bonds. The maximum Gasteiger partial charge on any atom is 0.130 e. The summed E-state index contributed by atoms with van der Waals surface area (Å²) in [5.74, 6) is 0.884. The molecule has 0 aliphatic rings. The molecule has 3 aromatic rings. The summed E-state index contributed by atoms with van der Waals surface area (Å²) < 4.78 is 5.79. The monoisotopic (exact) mass is 354 g/mol. The fourth-order valence-corrected chi connectivity index (χ4v) is 3.29. The second kappa shape index (κ2) is 8.81. The molecule has 1 aromatic heterocycles. The zero-order valence-corrected chi connectivity index (χ0v) is 15.2. The molecule has 3 nitrogen and oxygen atoms in total. The third kappa shape index (κ3) is 5.16. The van der Waals surface area contributed by atoms with Crippen LogP contribution < -0.4 is 10.1 Å². The van der Waals surface area contributed by atoms with Crippen molar-refractivity contribution in [1.82, 2.24) is 0 Å². The number of benzene rings is 2. The Labute approximate surface area is 152 Å². The average molecular weight is 354 g/mol. The summed E-state index contributed by atoms with van der Waals surface area (Å²) >= 11 is 1.70. The van der Waals surface area contributed by atoms with Crippen LogP contribution in [0.2, 0.25) is 0 Å². The van der Waals surface area contributed by atoms with Gasteiger partial charge in [-0.1, -0.05) is 36.4 Å². The smallest absolute Gasteiger partial charge is 0.130 e. The van der Waals surface area contributed by atoms with Gasteiger partial charge in [-0.05, 0) is 48.2 Å². The summed E-state index contributed by atoms with van der Waals surface area (Å²) in [4.78, 5) is 1.22. The van der Waals surface area contributed by atoms with Gasteiger partial charge in [0, 0.05) is 10.4 Å². The Morgan fingerprint density at radius 1 is 1.00 bits per heavy atom. The van der Waals surface area contributed by atoms with E-state index in [4.69, 9.17) is 4.74 Å². The summed E-state index contributed by atoms with van der Waals surface area (Å²) in [7, 11) is 0.